The zero-order valence-corrected chi connectivity index (χ0v) is 41.6. The van der Waals surface area contributed by atoms with Crippen molar-refractivity contribution in [2.45, 2.75) is 51.9 Å². The van der Waals surface area contributed by atoms with E-state index in [9.17, 15) is 38.7 Å². The van der Waals surface area contributed by atoms with Crippen molar-refractivity contribution in [3.05, 3.63) is 129 Å². The summed E-state index contributed by atoms with van der Waals surface area (Å²) >= 11 is 13.3. The number of aliphatic hydroxyl groups is 1. The van der Waals surface area contributed by atoms with Crippen LogP contribution in [0.15, 0.2) is 101 Å². The molecule has 5 N–H and O–H groups in total. The monoisotopic (exact) mass is 1040 g/mol. The summed E-state index contributed by atoms with van der Waals surface area (Å²) in [7, 11) is 0. The highest BCUT2D eigenvalue weighted by Gasteiger charge is 2.38. The van der Waals surface area contributed by atoms with E-state index in [-0.39, 0.29) is 62.9 Å². The number of ether oxygens (including phenoxy) is 2. The fraction of sp³-hybridized carbons (Fsp3) is 0.370. The molecular formula is C46H52N8O12S4. The summed E-state index contributed by atoms with van der Waals surface area (Å²) in [6.07, 6.45) is 0.159. The zero-order valence-electron chi connectivity index (χ0n) is 38.4. The molecule has 6 amide bonds. The molecule has 20 nitrogen and oxygen atoms in total. The number of thiocarbonyl (C=S) groups is 2. The first-order chi connectivity index (χ1) is 33.5. The molecule has 0 spiro atoms. The van der Waals surface area contributed by atoms with Crippen molar-refractivity contribution in [1.29, 1.82) is 0 Å². The van der Waals surface area contributed by atoms with Crippen molar-refractivity contribution in [1.82, 2.24) is 40.9 Å². The van der Waals surface area contributed by atoms with Gasteiger partial charge in [0.1, 0.15) is 50.5 Å². The standard InChI is InChI=1S/C46H52N8O12S4/c1-46(2,3)66-43(62)48-19-23-63-22-18-47-36(55)33(50-38(57)35-17-15-32(40(59)52-21-25-70-45(52)68)42(61)54(35)65-28-30-12-8-5-9-13-30)26-49-37(56)34-16-14-31(39(58)51-20-24-69-44(51)67)41(60)53(34)64-27-29-10-6-4-7-11-29/h4-17,33,41,60H,18-28H2,1-3H3,(H,47,55)(H,48,62)(H,49,56)(H,50,57). The lowest BCUT2D eigenvalue weighted by Gasteiger charge is -2.34. The van der Waals surface area contributed by atoms with E-state index in [0.717, 1.165) is 5.06 Å². The average molecular weight is 1040 g/mol. The number of alkyl carbamates (subject to hydrolysis) is 1. The number of aromatic nitrogens is 1. The van der Waals surface area contributed by atoms with E-state index in [1.807, 2.05) is 0 Å². The molecule has 3 aliphatic heterocycles. The van der Waals surface area contributed by atoms with Gasteiger partial charge in [0.15, 0.2) is 6.23 Å². The van der Waals surface area contributed by atoms with Gasteiger partial charge in [-0.3, -0.25) is 43.4 Å². The highest BCUT2D eigenvalue weighted by molar-refractivity contribution is 8.23. The number of rotatable bonds is 20. The van der Waals surface area contributed by atoms with Gasteiger partial charge in [0.25, 0.3) is 29.2 Å². The van der Waals surface area contributed by atoms with E-state index < -0.39 is 71.3 Å². The zero-order chi connectivity index (χ0) is 50.4. The number of hydroxylamine groups is 2. The third kappa shape index (κ3) is 14.5. The molecule has 4 heterocycles. The van der Waals surface area contributed by atoms with Gasteiger partial charge in [0.05, 0.1) is 18.8 Å². The van der Waals surface area contributed by atoms with Crippen molar-refractivity contribution in [3.63, 3.8) is 0 Å². The largest absolute Gasteiger partial charge is 0.444 e. The lowest BCUT2D eigenvalue weighted by molar-refractivity contribution is -0.214. The number of carbonyl (C=O) groups excluding carboxylic acids is 6. The Morgan fingerprint density at radius 2 is 1.34 bits per heavy atom. The molecule has 0 radical (unpaired) electrons. The summed E-state index contributed by atoms with van der Waals surface area (Å²) < 4.78 is 12.1. The molecule has 2 unspecified atom stereocenters. The summed E-state index contributed by atoms with van der Waals surface area (Å²) in [4.78, 5) is 110. The number of carbonyl (C=O) groups is 6. The van der Waals surface area contributed by atoms with E-state index in [2.05, 4.69) is 21.3 Å². The Morgan fingerprint density at radius 3 is 1.93 bits per heavy atom. The highest BCUT2D eigenvalue weighted by atomic mass is 32.2. The van der Waals surface area contributed by atoms with E-state index >= 15 is 0 Å². The molecule has 2 atom stereocenters. The Kier molecular flexibility index (Phi) is 19.1. The van der Waals surface area contributed by atoms with Crippen molar-refractivity contribution < 1.29 is 53.0 Å². The van der Waals surface area contributed by atoms with E-state index in [1.165, 1.54) is 57.6 Å². The summed E-state index contributed by atoms with van der Waals surface area (Å²) in [6, 6.07) is 18.5. The molecule has 0 saturated carbocycles. The third-order valence-corrected chi connectivity index (χ3v) is 13.0. The smallest absolute Gasteiger partial charge is 0.407 e. The molecule has 6 rings (SSSR count). The van der Waals surface area contributed by atoms with Gasteiger partial charge in [-0.25, -0.2) is 9.86 Å². The second-order valence-corrected chi connectivity index (χ2v) is 19.8. The molecule has 70 heavy (non-hydrogen) atoms. The van der Waals surface area contributed by atoms with Gasteiger partial charge < -0.3 is 40.7 Å². The Balaban J connectivity index is 1.23. The Hall–Kier alpha value is -6.15. The number of allylic oxidation sites excluding steroid dienone is 2. The van der Waals surface area contributed by atoms with Crippen molar-refractivity contribution in [2.24, 2.45) is 0 Å². The van der Waals surface area contributed by atoms with Gasteiger partial charge in [-0.15, -0.1) is 4.73 Å². The Labute approximate surface area is 422 Å². The normalized spacial score (nSPS) is 16.2. The minimum atomic E-state index is -1.77. The maximum atomic E-state index is 14.3. The van der Waals surface area contributed by atoms with Crippen LogP contribution in [0.1, 0.15) is 52.7 Å². The maximum absolute atomic E-state index is 14.3. The van der Waals surface area contributed by atoms with E-state index in [1.54, 1.807) is 81.4 Å². The molecule has 2 fully saturated rings. The van der Waals surface area contributed by atoms with Crippen LogP contribution in [0.5, 0.6) is 0 Å². The third-order valence-electron chi connectivity index (χ3n) is 10.1. The lowest BCUT2D eigenvalue weighted by Crippen LogP contribution is -2.55. The van der Waals surface area contributed by atoms with Crippen LogP contribution in [0, 0.1) is 0 Å². The van der Waals surface area contributed by atoms with Crippen LogP contribution in [-0.2, 0) is 41.9 Å². The number of benzene rings is 2. The highest BCUT2D eigenvalue weighted by Crippen LogP contribution is 2.27. The molecule has 372 valence electrons. The van der Waals surface area contributed by atoms with Crippen LogP contribution in [0.2, 0.25) is 0 Å². The summed E-state index contributed by atoms with van der Waals surface area (Å²) in [5, 5.41) is 22.8. The fourth-order valence-corrected chi connectivity index (χ4v) is 9.09. The average Bonchev–Trinajstić information content (AvgIpc) is 3.98. The van der Waals surface area contributed by atoms with Crippen LogP contribution in [0.4, 0.5) is 4.79 Å². The number of nitrogens with one attached hydrogen (secondary N) is 4. The van der Waals surface area contributed by atoms with E-state index in [4.69, 9.17) is 43.6 Å². The van der Waals surface area contributed by atoms with Crippen molar-refractivity contribution in [2.75, 3.05) is 57.4 Å². The fourth-order valence-electron chi connectivity index (χ4n) is 6.69. The van der Waals surface area contributed by atoms with Crippen LogP contribution in [-0.4, -0.2) is 144 Å². The second-order valence-electron chi connectivity index (χ2n) is 16.3. The molecular weight excluding hydrogens is 985 g/mol. The minimum absolute atomic E-state index is 0.0250. The molecule has 24 heteroatoms. The van der Waals surface area contributed by atoms with Gasteiger partial charge in [-0.2, -0.15) is 0 Å². The predicted molar refractivity (Wildman–Crippen MR) is 268 cm³/mol. The van der Waals surface area contributed by atoms with Gasteiger partial charge in [-0.1, -0.05) is 109 Å². The molecule has 2 saturated heterocycles. The number of hydrogen-bond acceptors (Lipinski definition) is 17. The predicted octanol–water partition coefficient (Wildman–Crippen LogP) is 2.26. The molecule has 2 aromatic carbocycles. The number of aliphatic hydroxyl groups excluding tert-OH is 1. The van der Waals surface area contributed by atoms with Gasteiger partial charge >= 0.3 is 6.09 Å². The molecule has 1 aromatic heterocycles. The van der Waals surface area contributed by atoms with Gasteiger partial charge in [-0.05, 0) is 56.2 Å². The summed E-state index contributed by atoms with van der Waals surface area (Å²) in [5.41, 5.74) is -1.42. The molecule has 0 bridgehead atoms. The first-order valence-electron chi connectivity index (χ1n) is 21.9. The topological polar surface area (TPSA) is 239 Å². The van der Waals surface area contributed by atoms with Crippen molar-refractivity contribution >= 4 is 92.2 Å². The quantitative estimate of drug-likeness (QED) is 0.0806. The minimum Gasteiger partial charge on any atom is -0.444 e. The Morgan fingerprint density at radius 1 is 0.757 bits per heavy atom. The number of thioether (sulfide) groups is 2. The number of nitrogens with zero attached hydrogens (tertiary/aromatic N) is 4. The molecule has 0 aliphatic carbocycles. The van der Waals surface area contributed by atoms with Gasteiger partial charge in [0, 0.05) is 44.2 Å². The van der Waals surface area contributed by atoms with Crippen molar-refractivity contribution in [3.8, 4) is 0 Å². The first kappa shape index (κ1) is 53.2. The van der Waals surface area contributed by atoms with Gasteiger partial charge in [0.2, 0.25) is 5.91 Å². The van der Waals surface area contributed by atoms with Crippen LogP contribution in [0.3, 0.4) is 0 Å². The maximum Gasteiger partial charge on any atom is 0.407 e. The van der Waals surface area contributed by atoms with Crippen LogP contribution in [0.25, 0.3) is 0 Å². The Bertz CT molecular complexity index is 2570. The summed E-state index contributed by atoms with van der Waals surface area (Å²) in [6.45, 7) is 4.98. The molecule has 3 aromatic rings. The number of hydrogen-bond donors (Lipinski definition) is 5. The lowest BCUT2D eigenvalue weighted by atomic mass is 10.1. The second kappa shape index (κ2) is 25.1. The number of pyridine rings is 1. The SMILES string of the molecule is CC(C)(C)OC(=O)NCCOCCNC(=O)C(CNC(=O)C1=CC=C(C(=O)N2CCSC2=S)C(O)N1OCc1ccccc1)NC(=O)c1ccc(C(=O)N2CCSC2=S)c(=O)n1OCc1ccccc1. The summed E-state index contributed by atoms with van der Waals surface area (Å²) in [5.74, 6) is -2.80. The van der Waals surface area contributed by atoms with E-state index in [0.29, 0.717) is 42.5 Å². The first-order valence-corrected chi connectivity index (χ1v) is 24.7. The van der Waals surface area contributed by atoms with Crippen LogP contribution < -0.4 is 31.7 Å². The number of amides is 6. The van der Waals surface area contributed by atoms with Crippen LogP contribution >= 0.6 is 48.0 Å². The molecule has 3 aliphatic rings.